The van der Waals surface area contributed by atoms with E-state index < -0.39 is 59.7 Å². The third-order valence-electron chi connectivity index (χ3n) is 4.47. The number of carbonyl (C=O) groups is 1. The Hall–Kier alpha value is -2.91. The van der Waals surface area contributed by atoms with Gasteiger partial charge in [0, 0.05) is 12.3 Å². The van der Waals surface area contributed by atoms with Crippen LogP contribution in [0.4, 0.5) is 10.8 Å². The smallest absolute Gasteiger partial charge is 0.351 e. The van der Waals surface area contributed by atoms with Crippen LogP contribution in [0, 0.1) is 10.1 Å². The van der Waals surface area contributed by atoms with Gasteiger partial charge in [-0.15, -0.1) is 0 Å². The molecule has 14 heteroatoms. The predicted octanol–water partition coefficient (Wildman–Crippen LogP) is -0.675. The van der Waals surface area contributed by atoms with Crippen molar-refractivity contribution in [3.05, 3.63) is 49.4 Å². The summed E-state index contributed by atoms with van der Waals surface area (Å²) in [7, 11) is 0. The number of aromatic nitrogens is 2. The molecule has 3 heterocycles. The first-order chi connectivity index (χ1) is 14.1. The summed E-state index contributed by atoms with van der Waals surface area (Å²) < 4.78 is 11.3. The lowest BCUT2D eigenvalue weighted by molar-refractivity contribution is -0.380. The van der Waals surface area contributed by atoms with Crippen molar-refractivity contribution in [2.24, 2.45) is 0 Å². The summed E-state index contributed by atoms with van der Waals surface area (Å²) in [6, 6.07) is 2.73. The Labute approximate surface area is 172 Å². The molecule has 0 saturated carbocycles. The number of thiophene rings is 1. The van der Waals surface area contributed by atoms with Crippen molar-refractivity contribution in [3.8, 4) is 0 Å². The Morgan fingerprint density at radius 1 is 1.47 bits per heavy atom. The van der Waals surface area contributed by atoms with Crippen molar-refractivity contribution in [3.63, 3.8) is 0 Å². The second-order valence-electron chi connectivity index (χ2n) is 6.44. The summed E-state index contributed by atoms with van der Waals surface area (Å²) in [6.45, 7) is 0.893. The first-order valence-electron chi connectivity index (χ1n) is 8.60. The maximum absolute atomic E-state index is 12.6. The van der Waals surface area contributed by atoms with Gasteiger partial charge in [0.1, 0.15) is 35.8 Å². The number of aliphatic hydroxyl groups is 3. The van der Waals surface area contributed by atoms with E-state index in [0.717, 1.165) is 22.1 Å². The minimum Gasteiger partial charge on any atom is -0.453 e. The number of anilines is 1. The highest BCUT2D eigenvalue weighted by molar-refractivity contribution is 7.15. The van der Waals surface area contributed by atoms with Crippen LogP contribution in [0.15, 0.2) is 23.1 Å². The monoisotopic (exact) mass is 442 g/mol. The summed E-state index contributed by atoms with van der Waals surface area (Å²) in [4.78, 5) is 38.9. The minimum atomic E-state index is -1.57. The van der Waals surface area contributed by atoms with E-state index in [2.05, 4.69) is 4.98 Å². The first kappa shape index (κ1) is 21.8. The van der Waals surface area contributed by atoms with Crippen molar-refractivity contribution in [2.75, 3.05) is 12.3 Å². The molecule has 13 nitrogen and oxygen atoms in total. The number of aliphatic hydroxyl groups excluding tert-OH is 3. The van der Waals surface area contributed by atoms with Gasteiger partial charge >= 0.3 is 16.7 Å². The number of rotatable bonds is 6. The van der Waals surface area contributed by atoms with Gasteiger partial charge < -0.3 is 30.5 Å². The van der Waals surface area contributed by atoms with Crippen molar-refractivity contribution >= 4 is 28.1 Å². The topological polar surface area (TPSA) is 200 Å². The van der Waals surface area contributed by atoms with E-state index in [1.54, 1.807) is 0 Å². The lowest BCUT2D eigenvalue weighted by atomic mass is 10.1. The van der Waals surface area contributed by atoms with E-state index in [0.29, 0.717) is 4.88 Å². The maximum atomic E-state index is 12.6. The lowest BCUT2D eigenvalue weighted by Gasteiger charge is -2.19. The van der Waals surface area contributed by atoms with Crippen LogP contribution < -0.4 is 11.4 Å². The summed E-state index contributed by atoms with van der Waals surface area (Å²) in [6.07, 6.45) is -5.47. The fraction of sp³-hybridized carbons (Fsp3) is 0.438. The molecule has 0 aromatic carbocycles. The Kier molecular flexibility index (Phi) is 6.14. The fourth-order valence-corrected chi connectivity index (χ4v) is 3.67. The number of nitro groups is 1. The third-order valence-corrected chi connectivity index (χ3v) is 5.67. The van der Waals surface area contributed by atoms with Crippen LogP contribution >= 0.6 is 11.3 Å². The number of carbonyl (C=O) groups excluding carboxylic acids is 1. The number of nitrogens with two attached hydrogens (primary N) is 1. The summed E-state index contributed by atoms with van der Waals surface area (Å²) in [5, 5.41) is 39.8. The van der Waals surface area contributed by atoms with Crippen molar-refractivity contribution in [2.45, 2.75) is 37.6 Å². The van der Waals surface area contributed by atoms with Crippen molar-refractivity contribution < 1.29 is 34.5 Å². The molecule has 1 unspecified atom stereocenters. The second kappa shape index (κ2) is 8.45. The van der Waals surface area contributed by atoms with E-state index >= 15 is 0 Å². The molecule has 3 rings (SSSR count). The summed E-state index contributed by atoms with van der Waals surface area (Å²) >= 11 is 0.837. The van der Waals surface area contributed by atoms with Gasteiger partial charge in [0.15, 0.2) is 6.23 Å². The zero-order valence-electron chi connectivity index (χ0n) is 15.4. The quantitative estimate of drug-likeness (QED) is 0.251. The Morgan fingerprint density at radius 2 is 2.17 bits per heavy atom. The molecule has 5 atom stereocenters. The van der Waals surface area contributed by atoms with Gasteiger partial charge in [-0.05, 0) is 13.0 Å². The summed E-state index contributed by atoms with van der Waals surface area (Å²) in [5.74, 6) is -1.40. The highest BCUT2D eigenvalue weighted by atomic mass is 32.1. The average Bonchev–Trinajstić information content (AvgIpc) is 3.28. The zero-order valence-corrected chi connectivity index (χ0v) is 16.3. The Morgan fingerprint density at radius 3 is 2.73 bits per heavy atom. The van der Waals surface area contributed by atoms with Crippen molar-refractivity contribution in [1.82, 2.24) is 9.55 Å². The molecular formula is C16H18N4O9S. The number of hydrogen-bond acceptors (Lipinski definition) is 12. The molecular weight excluding hydrogens is 424 g/mol. The van der Waals surface area contributed by atoms with Crippen LogP contribution in [0.1, 0.15) is 34.5 Å². The molecule has 162 valence electrons. The molecule has 0 bridgehead atoms. The van der Waals surface area contributed by atoms with Crippen LogP contribution in [-0.4, -0.2) is 60.7 Å². The number of nitrogen functional groups attached to an aromatic ring is 1. The van der Waals surface area contributed by atoms with E-state index in [4.69, 9.17) is 15.2 Å². The first-order valence-corrected chi connectivity index (χ1v) is 9.42. The van der Waals surface area contributed by atoms with Gasteiger partial charge in [-0.1, -0.05) is 11.3 Å². The standard InChI is InChI=1S/C16H18N4O9S/c1-6(9-2-3-10(30-9)20(26)27)28-15(24)7-4-19(16(25)18-13(7)17)14-12(23)11(22)8(5-21)29-14/h2-4,6,8,11-12,14,21-23H,5H2,1H3,(H2,17,18,25)/t6?,8-,11-,12+,14-/m1/s1. The normalized spacial score (nSPS) is 24.5. The molecule has 30 heavy (non-hydrogen) atoms. The van der Waals surface area contributed by atoms with Crippen LogP contribution in [0.3, 0.4) is 0 Å². The van der Waals surface area contributed by atoms with E-state index in [1.807, 2.05) is 0 Å². The molecule has 5 N–H and O–H groups in total. The number of hydrogen-bond donors (Lipinski definition) is 4. The van der Waals surface area contributed by atoms with E-state index in [-0.39, 0.29) is 10.6 Å². The average molecular weight is 442 g/mol. The molecule has 2 aromatic heterocycles. The lowest BCUT2D eigenvalue weighted by Crippen LogP contribution is -2.36. The molecule has 0 spiro atoms. The molecule has 0 radical (unpaired) electrons. The minimum absolute atomic E-state index is 0.119. The van der Waals surface area contributed by atoms with Gasteiger partial charge in [0.2, 0.25) is 0 Å². The summed E-state index contributed by atoms with van der Waals surface area (Å²) in [5.41, 5.74) is 4.39. The predicted molar refractivity (Wildman–Crippen MR) is 101 cm³/mol. The Bertz CT molecular complexity index is 1020. The van der Waals surface area contributed by atoms with Crippen LogP contribution in [0.25, 0.3) is 0 Å². The fourth-order valence-electron chi connectivity index (χ4n) is 2.87. The highest BCUT2D eigenvalue weighted by Crippen LogP contribution is 2.32. The molecule has 1 aliphatic rings. The van der Waals surface area contributed by atoms with Gasteiger partial charge in [0.05, 0.1) is 16.4 Å². The molecule has 0 amide bonds. The SMILES string of the molecule is CC(OC(=O)c1cn([C@@H]2O[C@H](CO)[C@@H](O)[C@@H]2O)c(=O)nc1N)c1ccc([N+](=O)[O-])s1. The van der Waals surface area contributed by atoms with Gasteiger partial charge in [-0.3, -0.25) is 14.7 Å². The zero-order chi connectivity index (χ0) is 22.2. The van der Waals surface area contributed by atoms with E-state index in [1.165, 1.54) is 19.1 Å². The van der Waals surface area contributed by atoms with Gasteiger partial charge in [0.25, 0.3) is 0 Å². The third kappa shape index (κ3) is 4.03. The molecule has 1 fully saturated rings. The molecule has 2 aromatic rings. The molecule has 0 aliphatic carbocycles. The highest BCUT2D eigenvalue weighted by Gasteiger charge is 2.44. The second-order valence-corrected chi connectivity index (χ2v) is 7.53. The van der Waals surface area contributed by atoms with Gasteiger partial charge in [-0.25, -0.2) is 9.59 Å². The van der Waals surface area contributed by atoms with E-state index in [9.17, 15) is 35.0 Å². The number of nitrogens with zero attached hydrogens (tertiary/aromatic N) is 3. The van der Waals surface area contributed by atoms with Crippen LogP contribution in [0.2, 0.25) is 0 Å². The van der Waals surface area contributed by atoms with Crippen molar-refractivity contribution in [1.29, 1.82) is 0 Å². The molecule has 1 aliphatic heterocycles. The van der Waals surface area contributed by atoms with Crippen LogP contribution in [-0.2, 0) is 9.47 Å². The number of esters is 1. The largest absolute Gasteiger partial charge is 0.453 e. The van der Waals surface area contributed by atoms with Gasteiger partial charge in [-0.2, -0.15) is 4.98 Å². The maximum Gasteiger partial charge on any atom is 0.351 e. The Balaban J connectivity index is 1.85. The van der Waals surface area contributed by atoms with Crippen LogP contribution in [0.5, 0.6) is 0 Å². The number of ether oxygens (including phenoxy) is 2. The molecule has 1 saturated heterocycles.